The van der Waals surface area contributed by atoms with Gasteiger partial charge < -0.3 is 19.4 Å². The molecule has 20 heavy (non-hydrogen) atoms. The summed E-state index contributed by atoms with van der Waals surface area (Å²) >= 11 is 5.85. The van der Waals surface area contributed by atoms with Crippen LogP contribution in [0.4, 0.5) is 5.82 Å². The summed E-state index contributed by atoms with van der Waals surface area (Å²) in [5.74, 6) is -0.193. The summed E-state index contributed by atoms with van der Waals surface area (Å²) in [6.07, 6.45) is 2.42. The molecule has 0 aliphatic heterocycles. The molecule has 0 aliphatic rings. The molecule has 1 aromatic heterocycles. The number of Topliss-reactive ketones (excluding diaryl/α,β-unsaturated/α-hetero) is 1. The maximum Gasteiger partial charge on any atom is 0.381 e. The average Bonchev–Trinajstić information content (AvgIpc) is 2.87. The minimum atomic E-state index is -0.624. The van der Waals surface area contributed by atoms with Gasteiger partial charge in [0.05, 0.1) is 19.2 Å². The van der Waals surface area contributed by atoms with Gasteiger partial charge in [0.25, 0.3) is 0 Å². The third kappa shape index (κ3) is 2.94. The van der Waals surface area contributed by atoms with Crippen molar-refractivity contribution in [3.8, 4) is 5.75 Å². The quantitative estimate of drug-likeness (QED) is 0.480. The van der Waals surface area contributed by atoms with Crippen molar-refractivity contribution >= 4 is 23.2 Å². The van der Waals surface area contributed by atoms with E-state index in [1.165, 1.54) is 30.3 Å². The molecule has 8 heteroatoms. The molecule has 2 aromatic rings. The monoisotopic (exact) mass is 295 g/mol. The fourth-order valence-corrected chi connectivity index (χ4v) is 1.85. The largest absolute Gasteiger partial charge is 0.496 e. The maximum atomic E-state index is 12.2. The second-order valence-electron chi connectivity index (χ2n) is 3.93. The van der Waals surface area contributed by atoms with Gasteiger partial charge in [-0.05, 0) is 28.1 Å². The van der Waals surface area contributed by atoms with E-state index < -0.39 is 4.92 Å². The van der Waals surface area contributed by atoms with Crippen molar-refractivity contribution in [2.75, 3.05) is 7.11 Å². The van der Waals surface area contributed by atoms with Gasteiger partial charge in [0, 0.05) is 5.02 Å². The fourth-order valence-electron chi connectivity index (χ4n) is 1.68. The lowest BCUT2D eigenvalue weighted by Crippen LogP contribution is -2.10. The van der Waals surface area contributed by atoms with Crippen LogP contribution >= 0.6 is 11.6 Å². The fraction of sp³-hybridized carbons (Fsp3) is 0.167. The van der Waals surface area contributed by atoms with E-state index in [1.807, 2.05) is 0 Å². The summed E-state index contributed by atoms with van der Waals surface area (Å²) in [5, 5.41) is 10.9. The first-order chi connectivity index (χ1) is 9.51. The van der Waals surface area contributed by atoms with E-state index in [1.54, 1.807) is 12.1 Å². The number of benzene rings is 1. The van der Waals surface area contributed by atoms with Crippen LogP contribution in [0.15, 0.2) is 30.7 Å². The van der Waals surface area contributed by atoms with Crippen molar-refractivity contribution in [3.63, 3.8) is 0 Å². The van der Waals surface area contributed by atoms with Crippen molar-refractivity contribution in [3.05, 3.63) is 51.4 Å². The molecule has 0 fully saturated rings. The van der Waals surface area contributed by atoms with Crippen molar-refractivity contribution < 1.29 is 14.5 Å². The average molecular weight is 296 g/mol. The van der Waals surface area contributed by atoms with Gasteiger partial charge in [-0.3, -0.25) is 4.79 Å². The molecule has 0 N–H and O–H groups in total. The third-order valence-corrected chi connectivity index (χ3v) is 2.83. The summed E-state index contributed by atoms with van der Waals surface area (Å²) < 4.78 is 6.42. The Hall–Kier alpha value is -2.41. The minimum Gasteiger partial charge on any atom is -0.496 e. The van der Waals surface area contributed by atoms with Crippen LogP contribution in [-0.4, -0.2) is 27.4 Å². The second kappa shape index (κ2) is 5.70. The SMILES string of the molecule is COc1ccc(Cl)cc1C(=O)Cn1cnc([N+](=O)[O-])c1. The highest BCUT2D eigenvalue weighted by Crippen LogP contribution is 2.23. The molecule has 1 heterocycles. The number of rotatable bonds is 5. The number of carbonyl (C=O) groups excluding carboxylic acids is 1. The normalized spacial score (nSPS) is 10.3. The number of imidazole rings is 1. The topological polar surface area (TPSA) is 87.3 Å². The van der Waals surface area contributed by atoms with Gasteiger partial charge in [0.15, 0.2) is 5.78 Å². The number of halogens is 1. The molecule has 7 nitrogen and oxygen atoms in total. The summed E-state index contributed by atoms with van der Waals surface area (Å²) in [7, 11) is 1.45. The van der Waals surface area contributed by atoms with Gasteiger partial charge in [-0.1, -0.05) is 11.6 Å². The second-order valence-corrected chi connectivity index (χ2v) is 4.37. The number of aromatic nitrogens is 2. The molecular formula is C12H10ClN3O4. The Morgan fingerprint density at radius 2 is 2.30 bits per heavy atom. The Morgan fingerprint density at radius 3 is 2.90 bits per heavy atom. The van der Waals surface area contributed by atoms with E-state index in [2.05, 4.69) is 4.98 Å². The lowest BCUT2D eigenvalue weighted by Gasteiger charge is -2.07. The Kier molecular flexibility index (Phi) is 3.99. The van der Waals surface area contributed by atoms with Crippen molar-refractivity contribution in [1.82, 2.24) is 9.55 Å². The predicted octanol–water partition coefficient (Wildman–Crippen LogP) is 2.34. The van der Waals surface area contributed by atoms with Crippen LogP contribution in [0, 0.1) is 10.1 Å². The highest BCUT2D eigenvalue weighted by atomic mass is 35.5. The summed E-state index contributed by atoms with van der Waals surface area (Å²) in [4.78, 5) is 25.6. The number of methoxy groups -OCH3 is 1. The number of nitrogens with zero attached hydrogens (tertiary/aromatic N) is 3. The Morgan fingerprint density at radius 1 is 1.55 bits per heavy atom. The molecule has 104 valence electrons. The molecule has 2 rings (SSSR count). The van der Waals surface area contributed by atoms with Gasteiger partial charge in [0.1, 0.15) is 11.9 Å². The van der Waals surface area contributed by atoms with Crippen molar-refractivity contribution in [1.29, 1.82) is 0 Å². The van der Waals surface area contributed by atoms with Crippen LogP contribution in [0.1, 0.15) is 10.4 Å². The number of carbonyl (C=O) groups is 1. The highest BCUT2D eigenvalue weighted by molar-refractivity contribution is 6.31. The molecule has 0 unspecified atom stereocenters. The first kappa shape index (κ1) is 14.0. The first-order valence-electron chi connectivity index (χ1n) is 5.54. The molecule has 0 aliphatic carbocycles. The molecule has 0 spiro atoms. The zero-order chi connectivity index (χ0) is 14.7. The van der Waals surface area contributed by atoms with E-state index >= 15 is 0 Å². The molecule has 0 radical (unpaired) electrons. The number of hydrogen-bond donors (Lipinski definition) is 0. The molecule has 0 bridgehead atoms. The van der Waals surface area contributed by atoms with Crippen LogP contribution in [0.3, 0.4) is 0 Å². The third-order valence-electron chi connectivity index (χ3n) is 2.59. The molecule has 0 amide bonds. The van der Waals surface area contributed by atoms with E-state index in [0.717, 1.165) is 0 Å². The van der Waals surface area contributed by atoms with Crippen LogP contribution in [-0.2, 0) is 6.54 Å². The van der Waals surface area contributed by atoms with Crippen LogP contribution in [0.2, 0.25) is 5.02 Å². The lowest BCUT2D eigenvalue weighted by molar-refractivity contribution is -0.389. The van der Waals surface area contributed by atoms with E-state index in [0.29, 0.717) is 16.3 Å². The first-order valence-corrected chi connectivity index (χ1v) is 5.92. The van der Waals surface area contributed by atoms with E-state index in [4.69, 9.17) is 16.3 Å². The molecule has 0 saturated carbocycles. The predicted molar refractivity (Wildman–Crippen MR) is 71.2 cm³/mol. The van der Waals surface area contributed by atoms with E-state index in [9.17, 15) is 14.9 Å². The van der Waals surface area contributed by atoms with Crippen LogP contribution in [0.5, 0.6) is 5.75 Å². The van der Waals surface area contributed by atoms with Crippen LogP contribution < -0.4 is 4.74 Å². The molecular weight excluding hydrogens is 286 g/mol. The van der Waals surface area contributed by atoms with Crippen LogP contribution in [0.25, 0.3) is 0 Å². The van der Waals surface area contributed by atoms with Crippen molar-refractivity contribution in [2.24, 2.45) is 0 Å². The zero-order valence-corrected chi connectivity index (χ0v) is 11.2. The van der Waals surface area contributed by atoms with Gasteiger partial charge >= 0.3 is 5.82 Å². The number of ether oxygens (including phenoxy) is 1. The smallest absolute Gasteiger partial charge is 0.381 e. The Bertz CT molecular complexity index is 668. The Balaban J connectivity index is 2.23. The van der Waals surface area contributed by atoms with Gasteiger partial charge in [0.2, 0.25) is 6.33 Å². The maximum absolute atomic E-state index is 12.2. The number of hydrogen-bond acceptors (Lipinski definition) is 5. The summed E-state index contributed by atoms with van der Waals surface area (Å²) in [6.45, 7) is -0.0858. The summed E-state index contributed by atoms with van der Waals surface area (Å²) in [6, 6.07) is 4.69. The Labute approximate surface area is 118 Å². The number of ketones is 1. The van der Waals surface area contributed by atoms with Gasteiger partial charge in [-0.25, -0.2) is 0 Å². The van der Waals surface area contributed by atoms with Gasteiger partial charge in [-0.2, -0.15) is 0 Å². The molecule has 1 aromatic carbocycles. The minimum absolute atomic E-state index is 0.0858. The highest BCUT2D eigenvalue weighted by Gasteiger charge is 2.16. The standard InChI is InChI=1S/C12H10ClN3O4/c1-20-11-3-2-8(13)4-9(11)10(17)5-15-6-12(14-7-15)16(18)19/h2-4,6-7H,5H2,1H3. The summed E-state index contributed by atoms with van der Waals surface area (Å²) in [5.41, 5.74) is 0.316. The molecule has 0 saturated heterocycles. The zero-order valence-electron chi connectivity index (χ0n) is 10.4. The van der Waals surface area contributed by atoms with Crippen molar-refractivity contribution in [2.45, 2.75) is 6.54 Å². The lowest BCUT2D eigenvalue weighted by atomic mass is 10.1. The van der Waals surface area contributed by atoms with E-state index in [-0.39, 0.29) is 18.1 Å². The number of nitro groups is 1. The molecule has 0 atom stereocenters. The van der Waals surface area contributed by atoms with Gasteiger partial charge in [-0.15, -0.1) is 0 Å².